The van der Waals surface area contributed by atoms with Crippen LogP contribution in [0.4, 0.5) is 11.4 Å². The second-order valence-corrected chi connectivity index (χ2v) is 4.62. The zero-order chi connectivity index (χ0) is 13.1. The Morgan fingerprint density at radius 1 is 1.61 bits per heavy atom. The predicted molar refractivity (Wildman–Crippen MR) is 70.4 cm³/mol. The van der Waals surface area contributed by atoms with Gasteiger partial charge in [0.2, 0.25) is 0 Å². The van der Waals surface area contributed by atoms with Gasteiger partial charge in [-0.3, -0.25) is 10.1 Å². The van der Waals surface area contributed by atoms with E-state index >= 15 is 0 Å². The molecule has 18 heavy (non-hydrogen) atoms. The molecule has 1 atom stereocenters. The third kappa shape index (κ3) is 2.57. The highest BCUT2D eigenvalue weighted by molar-refractivity contribution is 6.33. The van der Waals surface area contributed by atoms with Crippen LogP contribution < -0.4 is 4.90 Å². The molecule has 6 heteroatoms. The second-order valence-electron chi connectivity index (χ2n) is 4.21. The third-order valence-electron chi connectivity index (χ3n) is 3.08. The molecule has 1 aromatic carbocycles. The van der Waals surface area contributed by atoms with Crippen molar-refractivity contribution >= 4 is 23.0 Å². The van der Waals surface area contributed by atoms with Crippen LogP contribution in [0.3, 0.4) is 0 Å². The van der Waals surface area contributed by atoms with Crippen molar-refractivity contribution in [1.29, 1.82) is 0 Å². The summed E-state index contributed by atoms with van der Waals surface area (Å²) in [5.74, 6) is 0. The largest absolute Gasteiger partial charge is 0.375 e. The van der Waals surface area contributed by atoms with Crippen LogP contribution in [-0.4, -0.2) is 30.7 Å². The van der Waals surface area contributed by atoms with Crippen LogP contribution in [0.5, 0.6) is 0 Å². The molecule has 0 N–H and O–H groups in total. The quantitative estimate of drug-likeness (QED) is 0.626. The number of hydrogen-bond acceptors (Lipinski definition) is 4. The van der Waals surface area contributed by atoms with Crippen molar-refractivity contribution in [2.75, 3.05) is 24.6 Å². The van der Waals surface area contributed by atoms with Crippen LogP contribution in [0.25, 0.3) is 0 Å². The summed E-state index contributed by atoms with van der Waals surface area (Å²) in [5.41, 5.74) is 0.560. The number of nitrogens with zero attached hydrogens (tertiary/aromatic N) is 2. The van der Waals surface area contributed by atoms with Gasteiger partial charge in [0.05, 0.1) is 17.6 Å². The van der Waals surface area contributed by atoms with Crippen LogP contribution >= 0.6 is 11.6 Å². The number of halogens is 1. The van der Waals surface area contributed by atoms with Crippen molar-refractivity contribution in [3.05, 3.63) is 33.3 Å². The lowest BCUT2D eigenvalue weighted by atomic mass is 10.2. The van der Waals surface area contributed by atoms with Gasteiger partial charge in [0.1, 0.15) is 10.7 Å². The number of nitro benzene ring substituents is 1. The molecule has 1 aromatic rings. The van der Waals surface area contributed by atoms with E-state index in [1.165, 1.54) is 0 Å². The van der Waals surface area contributed by atoms with E-state index in [2.05, 4.69) is 0 Å². The monoisotopic (exact) mass is 270 g/mol. The lowest BCUT2D eigenvalue weighted by Gasteiger charge is -2.33. The van der Waals surface area contributed by atoms with Gasteiger partial charge in [0.15, 0.2) is 0 Å². The molecule has 2 rings (SSSR count). The molecule has 1 fully saturated rings. The third-order valence-corrected chi connectivity index (χ3v) is 3.39. The summed E-state index contributed by atoms with van der Waals surface area (Å²) in [4.78, 5) is 12.7. The van der Waals surface area contributed by atoms with Crippen LogP contribution in [0.1, 0.15) is 13.3 Å². The number of nitro groups is 1. The van der Waals surface area contributed by atoms with Gasteiger partial charge in [0.25, 0.3) is 0 Å². The van der Waals surface area contributed by atoms with E-state index in [1.807, 2.05) is 11.8 Å². The molecule has 0 spiro atoms. The van der Waals surface area contributed by atoms with Crippen molar-refractivity contribution in [2.24, 2.45) is 0 Å². The van der Waals surface area contributed by atoms with Crippen molar-refractivity contribution in [3.8, 4) is 0 Å². The molecule has 1 aliphatic heterocycles. The van der Waals surface area contributed by atoms with Gasteiger partial charge in [-0.1, -0.05) is 24.6 Å². The van der Waals surface area contributed by atoms with Gasteiger partial charge in [-0.15, -0.1) is 0 Å². The lowest BCUT2D eigenvalue weighted by molar-refractivity contribution is -0.384. The molecule has 0 saturated carbocycles. The van der Waals surface area contributed by atoms with E-state index in [0.29, 0.717) is 25.4 Å². The summed E-state index contributed by atoms with van der Waals surface area (Å²) in [5, 5.41) is 11.3. The van der Waals surface area contributed by atoms with Gasteiger partial charge in [0, 0.05) is 13.1 Å². The molecule has 0 aliphatic carbocycles. The number of ether oxygens (including phenoxy) is 1. The first-order valence-electron chi connectivity index (χ1n) is 5.93. The fourth-order valence-electron chi connectivity index (χ4n) is 2.12. The molecule has 1 aliphatic rings. The minimum Gasteiger partial charge on any atom is -0.375 e. The molecular weight excluding hydrogens is 256 g/mol. The minimum absolute atomic E-state index is 0.0177. The smallest absolute Gasteiger partial charge is 0.310 e. The Balaban J connectivity index is 2.32. The summed E-state index contributed by atoms with van der Waals surface area (Å²) in [6, 6.07) is 5.02. The zero-order valence-electron chi connectivity index (χ0n) is 10.1. The Kier molecular flexibility index (Phi) is 4.04. The summed E-state index contributed by atoms with van der Waals surface area (Å²) >= 11 is 5.91. The Morgan fingerprint density at radius 2 is 2.39 bits per heavy atom. The molecule has 98 valence electrons. The van der Waals surface area contributed by atoms with Crippen molar-refractivity contribution in [2.45, 2.75) is 19.4 Å². The van der Waals surface area contributed by atoms with Gasteiger partial charge in [-0.25, -0.2) is 0 Å². The molecule has 5 nitrogen and oxygen atoms in total. The number of morpholine rings is 1. The van der Waals surface area contributed by atoms with Gasteiger partial charge >= 0.3 is 5.69 Å². The van der Waals surface area contributed by atoms with Gasteiger partial charge < -0.3 is 9.64 Å². The van der Waals surface area contributed by atoms with Crippen molar-refractivity contribution in [3.63, 3.8) is 0 Å². The van der Waals surface area contributed by atoms with Crippen LogP contribution in [0.2, 0.25) is 5.02 Å². The maximum Gasteiger partial charge on any atom is 0.310 e. The zero-order valence-corrected chi connectivity index (χ0v) is 10.9. The van der Waals surface area contributed by atoms with Gasteiger partial charge in [-0.2, -0.15) is 0 Å². The number of anilines is 1. The number of para-hydroxylation sites is 1. The SMILES string of the molecule is CCC1CN(c2cccc(Cl)c2[N+](=O)[O-])CCO1. The molecule has 0 bridgehead atoms. The topological polar surface area (TPSA) is 55.6 Å². The van der Waals surface area contributed by atoms with E-state index in [1.54, 1.807) is 18.2 Å². The van der Waals surface area contributed by atoms with Crippen LogP contribution in [0.15, 0.2) is 18.2 Å². The Labute approximate surface area is 110 Å². The number of benzene rings is 1. The Bertz CT molecular complexity index is 453. The van der Waals surface area contributed by atoms with Crippen LogP contribution in [-0.2, 0) is 4.74 Å². The summed E-state index contributed by atoms with van der Waals surface area (Å²) in [7, 11) is 0. The van der Waals surface area contributed by atoms with E-state index in [4.69, 9.17) is 16.3 Å². The van der Waals surface area contributed by atoms with Crippen molar-refractivity contribution in [1.82, 2.24) is 0 Å². The molecule has 0 aromatic heterocycles. The average molecular weight is 271 g/mol. The minimum atomic E-state index is -0.423. The Hall–Kier alpha value is -1.33. The van der Waals surface area contributed by atoms with Crippen molar-refractivity contribution < 1.29 is 9.66 Å². The first-order chi connectivity index (χ1) is 8.63. The van der Waals surface area contributed by atoms with E-state index in [-0.39, 0.29) is 16.8 Å². The molecule has 1 heterocycles. The van der Waals surface area contributed by atoms with E-state index < -0.39 is 4.92 Å². The number of hydrogen-bond donors (Lipinski definition) is 0. The maximum atomic E-state index is 11.1. The van der Waals surface area contributed by atoms with E-state index in [9.17, 15) is 10.1 Å². The van der Waals surface area contributed by atoms with Gasteiger partial charge in [-0.05, 0) is 18.6 Å². The highest BCUT2D eigenvalue weighted by Crippen LogP contribution is 2.35. The molecule has 0 amide bonds. The summed E-state index contributed by atoms with van der Waals surface area (Å²) < 4.78 is 5.56. The fourth-order valence-corrected chi connectivity index (χ4v) is 2.36. The summed E-state index contributed by atoms with van der Waals surface area (Å²) in [6.45, 7) is 3.94. The fraction of sp³-hybridized carbons (Fsp3) is 0.500. The first kappa shape index (κ1) is 13.1. The first-order valence-corrected chi connectivity index (χ1v) is 6.30. The van der Waals surface area contributed by atoms with Crippen LogP contribution in [0, 0.1) is 10.1 Å². The molecule has 1 unspecified atom stereocenters. The molecule has 1 saturated heterocycles. The average Bonchev–Trinajstić information content (AvgIpc) is 2.38. The number of rotatable bonds is 3. The summed E-state index contributed by atoms with van der Waals surface area (Å²) in [6.07, 6.45) is 1.02. The second kappa shape index (κ2) is 5.54. The lowest BCUT2D eigenvalue weighted by Crippen LogP contribution is -2.42. The standard InChI is InChI=1S/C12H15ClN2O3/c1-2-9-8-14(6-7-18-9)11-5-3-4-10(13)12(11)15(16)17/h3-5,9H,2,6-8H2,1H3. The Morgan fingerprint density at radius 3 is 3.06 bits per heavy atom. The predicted octanol–water partition coefficient (Wildman–Crippen LogP) is 2.86. The molecular formula is C12H15ClN2O3. The van der Waals surface area contributed by atoms with E-state index in [0.717, 1.165) is 6.42 Å². The molecule has 0 radical (unpaired) electrons. The highest BCUT2D eigenvalue weighted by Gasteiger charge is 2.26. The normalized spacial score (nSPS) is 19.9. The highest BCUT2D eigenvalue weighted by atomic mass is 35.5. The maximum absolute atomic E-state index is 11.1.